The molecule has 14 heavy (non-hydrogen) atoms. The van der Waals surface area contributed by atoms with Gasteiger partial charge in [-0.2, -0.15) is 0 Å². The lowest BCUT2D eigenvalue weighted by Gasteiger charge is -2.39. The smallest absolute Gasteiger partial charge is 0.236 e. The lowest BCUT2D eigenvalue weighted by atomic mass is 10.1. The van der Waals surface area contributed by atoms with Gasteiger partial charge >= 0.3 is 0 Å². The monoisotopic (exact) mass is 198 g/mol. The lowest BCUT2D eigenvalue weighted by molar-refractivity contribution is -0.138. The molecule has 1 aliphatic heterocycles. The van der Waals surface area contributed by atoms with Crippen molar-refractivity contribution in [3.05, 3.63) is 0 Å². The molecule has 0 unspecified atom stereocenters. The minimum absolute atomic E-state index is 0.289. The molecule has 2 rings (SSSR count). The molecule has 0 aromatic carbocycles. The van der Waals surface area contributed by atoms with E-state index in [0.29, 0.717) is 12.1 Å². The fourth-order valence-electron chi connectivity index (χ4n) is 2.01. The van der Waals surface area contributed by atoms with E-state index in [0.717, 1.165) is 13.1 Å². The van der Waals surface area contributed by atoms with Crippen molar-refractivity contribution in [2.75, 3.05) is 26.7 Å². The highest BCUT2D eigenvalue weighted by atomic mass is 16.2. The molecular formula is C11H22N2O. The van der Waals surface area contributed by atoms with E-state index in [4.69, 9.17) is 0 Å². The molecule has 0 N–H and O–H groups in total. The Morgan fingerprint density at radius 1 is 1.36 bits per heavy atom. The van der Waals surface area contributed by atoms with Crippen molar-refractivity contribution in [2.24, 2.45) is 0 Å². The zero-order chi connectivity index (χ0) is 10.8. The van der Waals surface area contributed by atoms with Gasteiger partial charge in [0.05, 0.1) is 6.54 Å². The quantitative estimate of drug-likeness (QED) is 0.635. The van der Waals surface area contributed by atoms with Gasteiger partial charge < -0.3 is 4.90 Å². The van der Waals surface area contributed by atoms with Crippen LogP contribution in [0.3, 0.4) is 0 Å². The molecule has 0 aromatic heterocycles. The van der Waals surface area contributed by atoms with E-state index < -0.39 is 0 Å². The number of hydrogen-bond donors (Lipinski definition) is 0. The number of rotatable bonds is 1. The molecule has 2 aliphatic rings. The van der Waals surface area contributed by atoms with Crippen LogP contribution in [0.5, 0.6) is 0 Å². The van der Waals surface area contributed by atoms with Gasteiger partial charge in [-0.05, 0) is 26.8 Å². The molecule has 1 heterocycles. The van der Waals surface area contributed by atoms with Crippen LogP contribution in [0.25, 0.3) is 0 Å². The molecule has 1 amide bonds. The maximum atomic E-state index is 11.4. The van der Waals surface area contributed by atoms with Gasteiger partial charge in [0, 0.05) is 18.6 Å². The van der Waals surface area contributed by atoms with Crippen LogP contribution in [-0.4, -0.2) is 47.9 Å². The van der Waals surface area contributed by atoms with Gasteiger partial charge in [-0.1, -0.05) is 13.8 Å². The van der Waals surface area contributed by atoms with Gasteiger partial charge in [0.1, 0.15) is 0 Å². The molecule has 3 nitrogen and oxygen atoms in total. The zero-order valence-corrected chi connectivity index (χ0v) is 9.84. The summed E-state index contributed by atoms with van der Waals surface area (Å²) in [4.78, 5) is 15.6. The molecule has 2 fully saturated rings. The highest BCUT2D eigenvalue weighted by Crippen LogP contribution is 2.43. The summed E-state index contributed by atoms with van der Waals surface area (Å²) in [6, 6.07) is 0. The van der Waals surface area contributed by atoms with Gasteiger partial charge in [0.25, 0.3) is 0 Å². The SMILES string of the molecule is CC.CCN1CC2(CC2)N(C)CC1=O. The molecule has 1 saturated heterocycles. The highest BCUT2D eigenvalue weighted by Gasteiger charge is 2.51. The number of likely N-dealkylation sites (N-methyl/N-ethyl adjacent to an activating group) is 2. The van der Waals surface area contributed by atoms with E-state index in [1.165, 1.54) is 12.8 Å². The van der Waals surface area contributed by atoms with E-state index in [-0.39, 0.29) is 5.91 Å². The van der Waals surface area contributed by atoms with Crippen LogP contribution in [0.2, 0.25) is 0 Å². The summed E-state index contributed by atoms with van der Waals surface area (Å²) in [6.07, 6.45) is 2.54. The van der Waals surface area contributed by atoms with Crippen molar-refractivity contribution in [1.29, 1.82) is 0 Å². The second-order valence-corrected chi connectivity index (χ2v) is 3.99. The Morgan fingerprint density at radius 2 is 1.93 bits per heavy atom. The Bertz CT molecular complexity index is 211. The number of carbonyl (C=O) groups is 1. The Hall–Kier alpha value is -0.570. The third-order valence-corrected chi connectivity index (χ3v) is 3.23. The van der Waals surface area contributed by atoms with E-state index in [1.54, 1.807) is 0 Å². The molecule has 1 aliphatic carbocycles. The summed E-state index contributed by atoms with van der Waals surface area (Å²) in [6.45, 7) is 8.50. The summed E-state index contributed by atoms with van der Waals surface area (Å²) in [5.41, 5.74) is 0.379. The van der Waals surface area contributed by atoms with Gasteiger partial charge in [-0.3, -0.25) is 9.69 Å². The van der Waals surface area contributed by atoms with Crippen molar-refractivity contribution in [1.82, 2.24) is 9.80 Å². The Balaban J connectivity index is 0.000000461. The second kappa shape index (κ2) is 4.30. The van der Waals surface area contributed by atoms with Crippen molar-refractivity contribution in [3.63, 3.8) is 0 Å². The number of hydrogen-bond acceptors (Lipinski definition) is 2. The standard InChI is InChI=1S/C9H16N2O.C2H6/c1-3-11-7-9(4-5-9)10(2)6-8(11)12;1-2/h3-7H2,1-2H3;1-2H3. The normalized spacial score (nSPS) is 24.6. The molecule has 1 saturated carbocycles. The van der Waals surface area contributed by atoms with Gasteiger partial charge in [-0.15, -0.1) is 0 Å². The Labute approximate surface area is 87.1 Å². The fourth-order valence-corrected chi connectivity index (χ4v) is 2.01. The van der Waals surface area contributed by atoms with Gasteiger partial charge in [0.2, 0.25) is 5.91 Å². The van der Waals surface area contributed by atoms with Crippen LogP contribution in [0.15, 0.2) is 0 Å². The summed E-state index contributed by atoms with van der Waals surface area (Å²) < 4.78 is 0. The van der Waals surface area contributed by atoms with Crippen LogP contribution in [0, 0.1) is 0 Å². The van der Waals surface area contributed by atoms with E-state index in [1.807, 2.05) is 18.7 Å². The van der Waals surface area contributed by atoms with Gasteiger partial charge in [0.15, 0.2) is 0 Å². The van der Waals surface area contributed by atoms with E-state index >= 15 is 0 Å². The molecule has 0 radical (unpaired) electrons. The Kier molecular flexibility index (Phi) is 3.53. The topological polar surface area (TPSA) is 23.6 Å². The molecule has 1 spiro atoms. The number of piperazine rings is 1. The van der Waals surface area contributed by atoms with Crippen LogP contribution < -0.4 is 0 Å². The van der Waals surface area contributed by atoms with E-state index in [2.05, 4.69) is 18.9 Å². The summed E-state index contributed by atoms with van der Waals surface area (Å²) >= 11 is 0. The minimum atomic E-state index is 0.289. The first kappa shape index (κ1) is 11.5. The highest BCUT2D eigenvalue weighted by molar-refractivity contribution is 5.79. The van der Waals surface area contributed by atoms with Gasteiger partial charge in [-0.25, -0.2) is 0 Å². The van der Waals surface area contributed by atoms with Crippen LogP contribution in [0.1, 0.15) is 33.6 Å². The molecule has 0 bridgehead atoms. The summed E-state index contributed by atoms with van der Waals surface area (Å²) in [7, 11) is 2.07. The first-order valence-corrected chi connectivity index (χ1v) is 5.67. The average Bonchev–Trinajstić information content (AvgIpc) is 2.96. The van der Waals surface area contributed by atoms with Crippen molar-refractivity contribution in [3.8, 4) is 0 Å². The van der Waals surface area contributed by atoms with Crippen LogP contribution in [0.4, 0.5) is 0 Å². The van der Waals surface area contributed by atoms with Crippen LogP contribution in [-0.2, 0) is 4.79 Å². The molecule has 0 atom stereocenters. The summed E-state index contributed by atoms with van der Waals surface area (Å²) in [5.74, 6) is 0.289. The molecule has 0 aromatic rings. The molecule has 3 heteroatoms. The Morgan fingerprint density at radius 3 is 2.36 bits per heavy atom. The maximum absolute atomic E-state index is 11.4. The van der Waals surface area contributed by atoms with E-state index in [9.17, 15) is 4.79 Å². The third-order valence-electron chi connectivity index (χ3n) is 3.23. The largest absolute Gasteiger partial charge is 0.340 e. The van der Waals surface area contributed by atoms with Crippen molar-refractivity contribution >= 4 is 5.91 Å². The van der Waals surface area contributed by atoms with Crippen molar-refractivity contribution < 1.29 is 4.79 Å². The predicted molar refractivity (Wildman–Crippen MR) is 58.2 cm³/mol. The zero-order valence-electron chi connectivity index (χ0n) is 9.84. The molecular weight excluding hydrogens is 176 g/mol. The van der Waals surface area contributed by atoms with Crippen LogP contribution >= 0.6 is 0 Å². The lowest BCUT2D eigenvalue weighted by Crippen LogP contribution is -2.56. The second-order valence-electron chi connectivity index (χ2n) is 3.99. The first-order valence-electron chi connectivity index (χ1n) is 5.67. The first-order chi connectivity index (χ1) is 6.68. The summed E-state index contributed by atoms with van der Waals surface area (Å²) in [5, 5.41) is 0. The number of nitrogens with zero attached hydrogens (tertiary/aromatic N) is 2. The fraction of sp³-hybridized carbons (Fsp3) is 0.909. The molecule has 82 valence electrons. The number of amides is 1. The van der Waals surface area contributed by atoms with Crippen molar-refractivity contribution in [2.45, 2.75) is 39.2 Å². The minimum Gasteiger partial charge on any atom is -0.340 e. The number of carbonyl (C=O) groups excluding carboxylic acids is 1. The maximum Gasteiger partial charge on any atom is 0.236 e. The third kappa shape index (κ3) is 1.92. The predicted octanol–water partition coefficient (Wildman–Crippen LogP) is 1.34. The average molecular weight is 198 g/mol.